The summed E-state index contributed by atoms with van der Waals surface area (Å²) in [7, 11) is 3.55. The average molecular weight is 270 g/mol. The molecule has 0 radical (unpaired) electrons. The highest BCUT2D eigenvalue weighted by Crippen LogP contribution is 2.19. The van der Waals surface area contributed by atoms with Crippen molar-refractivity contribution in [1.29, 1.82) is 0 Å². The molecule has 0 aromatic carbocycles. The van der Waals surface area contributed by atoms with Gasteiger partial charge in [-0.3, -0.25) is 4.79 Å². The summed E-state index contributed by atoms with van der Waals surface area (Å²) >= 11 is 6.02. The summed E-state index contributed by atoms with van der Waals surface area (Å²) < 4.78 is 0. The van der Waals surface area contributed by atoms with Crippen LogP contribution in [0.1, 0.15) is 30.6 Å². The van der Waals surface area contributed by atoms with Crippen LogP contribution in [-0.2, 0) is 0 Å². The fraction of sp³-hybridized carbons (Fsp3) is 0.538. The van der Waals surface area contributed by atoms with E-state index in [1.54, 1.807) is 25.1 Å². The molecule has 1 atom stereocenters. The smallest absolute Gasteiger partial charge is 0.255 e. The van der Waals surface area contributed by atoms with Crippen LogP contribution in [0.4, 0.5) is 5.82 Å². The summed E-state index contributed by atoms with van der Waals surface area (Å²) in [6, 6.07) is 1.68. The van der Waals surface area contributed by atoms with Gasteiger partial charge in [0.15, 0.2) is 0 Å². The molecule has 0 saturated carbocycles. The van der Waals surface area contributed by atoms with Gasteiger partial charge in [-0.1, -0.05) is 31.9 Å². The molecule has 0 saturated heterocycles. The van der Waals surface area contributed by atoms with E-state index >= 15 is 0 Å². The molecule has 0 aliphatic heterocycles. The van der Waals surface area contributed by atoms with Crippen LogP contribution in [-0.4, -0.2) is 36.4 Å². The van der Waals surface area contributed by atoms with E-state index in [0.29, 0.717) is 22.3 Å². The summed E-state index contributed by atoms with van der Waals surface area (Å²) in [5.41, 5.74) is 0.488. The van der Waals surface area contributed by atoms with Crippen molar-refractivity contribution in [3.63, 3.8) is 0 Å². The van der Waals surface area contributed by atoms with Gasteiger partial charge in [0, 0.05) is 26.8 Å². The lowest BCUT2D eigenvalue weighted by Crippen LogP contribution is -2.31. The number of aromatic nitrogens is 1. The van der Waals surface area contributed by atoms with E-state index in [1.807, 2.05) is 0 Å². The standard InChI is InChI=1S/C13H20ClN3O/c1-5-9(2)8-17(4)13(18)10-6-12(15-3)16-7-11(10)14/h6-7,9H,5,8H2,1-4H3,(H,15,16). The van der Waals surface area contributed by atoms with Crippen molar-refractivity contribution in [2.24, 2.45) is 5.92 Å². The Labute approximate surface area is 113 Å². The molecular weight excluding hydrogens is 250 g/mol. The van der Waals surface area contributed by atoms with Crippen LogP contribution in [0.2, 0.25) is 5.02 Å². The third-order valence-electron chi connectivity index (χ3n) is 2.97. The normalized spacial score (nSPS) is 12.1. The molecule has 1 aromatic heterocycles. The number of halogens is 1. The van der Waals surface area contributed by atoms with Crippen LogP contribution < -0.4 is 5.32 Å². The Balaban J connectivity index is 2.89. The van der Waals surface area contributed by atoms with Gasteiger partial charge in [0.25, 0.3) is 5.91 Å². The van der Waals surface area contributed by atoms with Crippen molar-refractivity contribution < 1.29 is 4.79 Å². The molecule has 0 fully saturated rings. The minimum atomic E-state index is -0.0702. The van der Waals surface area contributed by atoms with Gasteiger partial charge >= 0.3 is 0 Å². The zero-order valence-electron chi connectivity index (χ0n) is 11.3. The van der Waals surface area contributed by atoms with E-state index in [2.05, 4.69) is 24.1 Å². The minimum absolute atomic E-state index is 0.0702. The molecule has 100 valence electrons. The Morgan fingerprint density at radius 2 is 2.28 bits per heavy atom. The molecule has 0 aliphatic rings. The number of amides is 1. The van der Waals surface area contributed by atoms with Crippen LogP contribution in [0.25, 0.3) is 0 Å². The van der Waals surface area contributed by atoms with Crippen molar-refractivity contribution >= 4 is 23.3 Å². The minimum Gasteiger partial charge on any atom is -0.373 e. The molecule has 1 amide bonds. The third kappa shape index (κ3) is 3.60. The van der Waals surface area contributed by atoms with Crippen LogP contribution in [0.5, 0.6) is 0 Å². The molecule has 18 heavy (non-hydrogen) atoms. The molecule has 1 heterocycles. The number of pyridine rings is 1. The van der Waals surface area contributed by atoms with E-state index < -0.39 is 0 Å². The van der Waals surface area contributed by atoms with Gasteiger partial charge in [0.2, 0.25) is 0 Å². The molecule has 1 N–H and O–H groups in total. The van der Waals surface area contributed by atoms with E-state index in [1.165, 1.54) is 6.20 Å². The van der Waals surface area contributed by atoms with E-state index in [9.17, 15) is 4.79 Å². The average Bonchev–Trinajstić information content (AvgIpc) is 2.38. The Hall–Kier alpha value is -1.29. The first-order valence-electron chi connectivity index (χ1n) is 6.08. The summed E-state index contributed by atoms with van der Waals surface area (Å²) in [6.07, 6.45) is 2.54. The van der Waals surface area contributed by atoms with Gasteiger partial charge in [-0.2, -0.15) is 0 Å². The monoisotopic (exact) mass is 269 g/mol. The summed E-state index contributed by atoms with van der Waals surface area (Å²) in [5, 5.41) is 3.28. The maximum Gasteiger partial charge on any atom is 0.255 e. The lowest BCUT2D eigenvalue weighted by molar-refractivity contribution is 0.0775. The van der Waals surface area contributed by atoms with Crippen molar-refractivity contribution in [3.8, 4) is 0 Å². The van der Waals surface area contributed by atoms with Gasteiger partial charge in [-0.25, -0.2) is 4.98 Å². The number of anilines is 1. The van der Waals surface area contributed by atoms with Crippen molar-refractivity contribution in [3.05, 3.63) is 22.8 Å². The Kier molecular flexibility index (Phi) is 5.41. The zero-order valence-corrected chi connectivity index (χ0v) is 12.1. The lowest BCUT2D eigenvalue weighted by atomic mass is 10.1. The van der Waals surface area contributed by atoms with E-state index in [-0.39, 0.29) is 5.91 Å². The first kappa shape index (κ1) is 14.8. The van der Waals surface area contributed by atoms with Crippen LogP contribution >= 0.6 is 11.6 Å². The number of carbonyl (C=O) groups excluding carboxylic acids is 1. The number of hydrogen-bond acceptors (Lipinski definition) is 3. The fourth-order valence-corrected chi connectivity index (χ4v) is 1.81. The molecule has 0 bridgehead atoms. The molecule has 0 aliphatic carbocycles. The predicted molar refractivity (Wildman–Crippen MR) is 75.2 cm³/mol. The van der Waals surface area contributed by atoms with Gasteiger partial charge in [0.05, 0.1) is 10.6 Å². The first-order valence-corrected chi connectivity index (χ1v) is 6.46. The van der Waals surface area contributed by atoms with Crippen LogP contribution in [0, 0.1) is 5.92 Å². The second-order valence-corrected chi connectivity index (χ2v) is 4.91. The molecule has 1 aromatic rings. The second kappa shape index (κ2) is 6.59. The van der Waals surface area contributed by atoms with Crippen molar-refractivity contribution in [2.45, 2.75) is 20.3 Å². The SMILES string of the molecule is CCC(C)CN(C)C(=O)c1cc(NC)ncc1Cl. The molecule has 5 heteroatoms. The highest BCUT2D eigenvalue weighted by atomic mass is 35.5. The highest BCUT2D eigenvalue weighted by molar-refractivity contribution is 6.33. The van der Waals surface area contributed by atoms with Gasteiger partial charge in [-0.05, 0) is 12.0 Å². The van der Waals surface area contributed by atoms with Crippen LogP contribution in [0.15, 0.2) is 12.3 Å². The fourth-order valence-electron chi connectivity index (χ4n) is 1.62. The number of nitrogens with one attached hydrogen (secondary N) is 1. The Morgan fingerprint density at radius 1 is 1.61 bits per heavy atom. The molecule has 1 rings (SSSR count). The predicted octanol–water partition coefficient (Wildman–Crippen LogP) is 2.89. The zero-order chi connectivity index (χ0) is 13.7. The number of nitrogens with zero attached hydrogens (tertiary/aromatic N) is 2. The maximum absolute atomic E-state index is 12.3. The van der Waals surface area contributed by atoms with E-state index in [4.69, 9.17) is 11.6 Å². The van der Waals surface area contributed by atoms with Gasteiger partial charge in [-0.15, -0.1) is 0 Å². The number of carbonyl (C=O) groups is 1. The molecule has 0 spiro atoms. The summed E-state index contributed by atoms with van der Waals surface area (Å²) in [4.78, 5) is 18.0. The Bertz CT molecular complexity index is 423. The van der Waals surface area contributed by atoms with Crippen molar-refractivity contribution in [1.82, 2.24) is 9.88 Å². The first-order chi connectivity index (χ1) is 8.49. The number of rotatable bonds is 5. The lowest BCUT2D eigenvalue weighted by Gasteiger charge is -2.21. The largest absolute Gasteiger partial charge is 0.373 e. The maximum atomic E-state index is 12.3. The Morgan fingerprint density at radius 3 is 2.83 bits per heavy atom. The van der Waals surface area contributed by atoms with Gasteiger partial charge in [0.1, 0.15) is 5.82 Å². The third-order valence-corrected chi connectivity index (χ3v) is 3.27. The topological polar surface area (TPSA) is 45.2 Å². The van der Waals surface area contributed by atoms with Crippen molar-refractivity contribution in [2.75, 3.05) is 26.0 Å². The van der Waals surface area contributed by atoms with E-state index in [0.717, 1.165) is 13.0 Å². The summed E-state index contributed by atoms with van der Waals surface area (Å²) in [6.45, 7) is 4.96. The number of hydrogen-bond donors (Lipinski definition) is 1. The van der Waals surface area contributed by atoms with Gasteiger partial charge < -0.3 is 10.2 Å². The summed E-state index contributed by atoms with van der Waals surface area (Å²) in [5.74, 6) is 1.04. The molecule has 1 unspecified atom stereocenters. The quantitative estimate of drug-likeness (QED) is 0.894. The molecule has 4 nitrogen and oxygen atoms in total. The van der Waals surface area contributed by atoms with Crippen LogP contribution in [0.3, 0.4) is 0 Å². The highest BCUT2D eigenvalue weighted by Gasteiger charge is 2.17. The second-order valence-electron chi connectivity index (χ2n) is 4.50. The molecular formula is C13H20ClN3O.